The van der Waals surface area contributed by atoms with Crippen LogP contribution < -0.4 is 4.18 Å². The van der Waals surface area contributed by atoms with E-state index in [1.165, 1.54) is 11.8 Å². The van der Waals surface area contributed by atoms with Crippen molar-refractivity contribution in [3.05, 3.63) is 89.0 Å². The van der Waals surface area contributed by atoms with Gasteiger partial charge in [0, 0.05) is 26.8 Å². The lowest BCUT2D eigenvalue weighted by Crippen LogP contribution is -2.10. The number of aromatic hydroxyl groups is 1. The molecule has 3 aromatic carbocycles. The van der Waals surface area contributed by atoms with Gasteiger partial charge in [0.2, 0.25) is 0 Å². The second kappa shape index (κ2) is 10.1. The second-order valence-corrected chi connectivity index (χ2v) is 13.8. The highest BCUT2D eigenvalue weighted by Gasteiger charge is 2.24. The second-order valence-electron chi connectivity index (χ2n) is 6.56. The summed E-state index contributed by atoms with van der Waals surface area (Å²) in [6.07, 6.45) is 0. The van der Waals surface area contributed by atoms with Gasteiger partial charge in [0.15, 0.2) is 5.78 Å². The molecule has 0 amide bonds. The minimum Gasteiger partial charge on any atom is -0.507 e. The largest absolute Gasteiger partial charge is 0.507 e. The Hall–Kier alpha value is -1.34. The Kier molecular flexibility index (Phi) is 7.29. The average Bonchev–Trinajstić information content (AvgIpc) is 2.74. The van der Waals surface area contributed by atoms with Gasteiger partial charge in [0.1, 0.15) is 12.8 Å². The number of carbonyl (C=O) groups excluding carboxylic acids is 1. The Labute approximate surface area is 193 Å². The van der Waals surface area contributed by atoms with Crippen molar-refractivity contribution in [1.29, 1.82) is 1.28 Å². The zero-order chi connectivity index (χ0) is 21.7. The van der Waals surface area contributed by atoms with Crippen LogP contribution in [0, 0.1) is 13.8 Å². The third kappa shape index (κ3) is 6.07. The fourth-order valence-electron chi connectivity index (χ4n) is 2.77. The highest BCUT2D eigenvalue weighted by Crippen LogP contribution is 2.42. The summed E-state index contributed by atoms with van der Waals surface area (Å²) in [4.78, 5) is 14.1. The van der Waals surface area contributed by atoms with E-state index in [9.17, 15) is 9.90 Å². The number of benzene rings is 3. The number of rotatable bonds is 7. The maximum absolute atomic E-state index is 13.4. The molecule has 0 bridgehead atoms. The molecule has 0 aromatic heterocycles. The van der Waals surface area contributed by atoms with Gasteiger partial charge in [-0.15, -0.1) is 11.8 Å². The molecule has 0 spiro atoms. The normalized spacial score (nSPS) is 13.6. The predicted molar refractivity (Wildman–Crippen MR) is 134 cm³/mol. The quantitative estimate of drug-likeness (QED) is 0.147. The highest BCUT2D eigenvalue weighted by molar-refractivity contribution is 14.2. The molecule has 0 saturated carbocycles. The Morgan fingerprint density at radius 2 is 1.76 bits per heavy atom. The number of aryl methyl sites for hydroxylation is 2. The molecular weight excluding hydrogens is 534 g/mol. The van der Waals surface area contributed by atoms with Crippen molar-refractivity contribution in [3.8, 4) is 11.5 Å². The third-order valence-corrected chi connectivity index (χ3v) is 6.70. The number of Topliss-reactive ketones (excluding diaryl/α,β-unsaturated/α-hetero) is 1. The van der Waals surface area contributed by atoms with E-state index in [1.54, 1.807) is 30.3 Å². The lowest BCUT2D eigenvalue weighted by molar-refractivity contribution is 0.0989. The molecule has 0 fully saturated rings. The standard InChI is InChI=1S/C22H20IO3PS2/c1-14-3-6-17(7-4-14)22(28-20-12-5-15(2)13-19(20)24)21(25)16-8-10-18(11-9-16)26-29(23)27/h3-13,22,24,27H,1-2H3/i27T. The monoisotopic (exact) mass is 556 g/mol. The Morgan fingerprint density at radius 1 is 1.10 bits per heavy atom. The van der Waals surface area contributed by atoms with Gasteiger partial charge in [0.05, 0.1) is 17.7 Å². The molecule has 3 nitrogen and oxygen atoms in total. The van der Waals surface area contributed by atoms with E-state index in [2.05, 4.69) is 21.2 Å². The molecule has 150 valence electrons. The van der Waals surface area contributed by atoms with Gasteiger partial charge >= 0.3 is 0 Å². The first-order chi connectivity index (χ1) is 14.4. The fourth-order valence-corrected chi connectivity index (χ4v) is 5.04. The molecular formula is C22H20IO3PS2. The first-order valence-corrected chi connectivity index (χ1v) is 14.4. The van der Waals surface area contributed by atoms with Crippen LogP contribution in [0.15, 0.2) is 71.6 Å². The van der Waals surface area contributed by atoms with Crippen molar-refractivity contribution < 1.29 is 14.1 Å². The van der Waals surface area contributed by atoms with Gasteiger partial charge in [-0.25, -0.2) is 0 Å². The summed E-state index contributed by atoms with van der Waals surface area (Å²) >= 11 is 3.43. The fraction of sp³-hybridized carbons (Fsp3) is 0.136. The van der Waals surface area contributed by atoms with E-state index in [0.29, 0.717) is 24.2 Å². The summed E-state index contributed by atoms with van der Waals surface area (Å²) in [6, 6.07) is 20.4. The van der Waals surface area contributed by atoms with Crippen molar-refractivity contribution in [2.45, 2.75) is 24.0 Å². The number of carbonyl (C=O) groups is 1. The summed E-state index contributed by atoms with van der Waals surface area (Å²) in [7, 11) is -0.105. The first-order valence-electron chi connectivity index (χ1n) is 9.23. The minimum absolute atomic E-state index is 0.0394. The van der Waals surface area contributed by atoms with E-state index in [0.717, 1.165) is 16.7 Å². The number of hydrogen-bond donors (Lipinski definition) is 1. The maximum atomic E-state index is 13.4. The first kappa shape index (κ1) is 20.9. The van der Waals surface area contributed by atoms with Gasteiger partial charge < -0.3 is 9.29 Å². The number of halogens is 1. The summed E-state index contributed by atoms with van der Waals surface area (Å²) in [6.45, 7) is 3.93. The van der Waals surface area contributed by atoms with Crippen molar-refractivity contribution in [1.82, 2.24) is 0 Å². The highest BCUT2D eigenvalue weighted by atomic mass is 127. The number of phenols is 1. The predicted octanol–water partition coefficient (Wildman–Crippen LogP) is 7.05. The summed E-state index contributed by atoms with van der Waals surface area (Å²) in [5.74, 6) is 0.777. The molecule has 7 heteroatoms. The summed E-state index contributed by atoms with van der Waals surface area (Å²) < 4.78 is 13.0. The van der Waals surface area contributed by atoms with Crippen LogP contribution >= 0.6 is 40.9 Å². The molecule has 1 N–H and O–H groups in total. The van der Waals surface area contributed by atoms with Crippen LogP contribution in [0.1, 0.15) is 32.3 Å². The molecule has 2 unspecified atom stereocenters. The Morgan fingerprint density at radius 3 is 2.38 bits per heavy atom. The van der Waals surface area contributed by atoms with Gasteiger partial charge in [-0.2, -0.15) is 0 Å². The van der Waals surface area contributed by atoms with Gasteiger partial charge in [-0.3, -0.25) is 4.79 Å². The molecule has 0 heterocycles. The van der Waals surface area contributed by atoms with Crippen LogP contribution in [0.25, 0.3) is 0 Å². The van der Waals surface area contributed by atoms with E-state index < -0.39 is 12.8 Å². The Balaban J connectivity index is 1.92. The molecule has 0 aliphatic heterocycles. The number of phenolic OH excluding ortho intramolecular Hbond substituents is 1. The summed E-state index contributed by atoms with van der Waals surface area (Å²) in [5.41, 5.74) is 3.55. The van der Waals surface area contributed by atoms with Crippen LogP contribution in [-0.4, -0.2) is 12.2 Å². The molecule has 3 rings (SSSR count). The smallest absolute Gasteiger partial charge is 0.180 e. The van der Waals surface area contributed by atoms with Gasteiger partial charge in [-0.1, -0.05) is 35.9 Å². The lowest BCUT2D eigenvalue weighted by atomic mass is 10.0. The van der Waals surface area contributed by atoms with Crippen LogP contribution in [0.4, 0.5) is 0 Å². The number of ketones is 1. The number of thioether (sulfide) groups is 1. The maximum Gasteiger partial charge on any atom is 0.180 e. The van der Waals surface area contributed by atoms with E-state index in [-0.39, 0.29) is 11.5 Å². The SMILES string of the molecule is [3H]P=S(I)Oc1ccc(C(=O)C(Sc2ccc(C)cc2O)c2ccc(C)cc2)cc1. The third-order valence-electron chi connectivity index (χ3n) is 4.28. The van der Waals surface area contributed by atoms with E-state index in [1.807, 2.05) is 50.2 Å². The van der Waals surface area contributed by atoms with Crippen molar-refractivity contribution >= 4 is 54.2 Å². The molecule has 3 aromatic rings. The Bertz CT molecular complexity index is 1070. The molecule has 29 heavy (non-hydrogen) atoms. The van der Waals surface area contributed by atoms with Gasteiger partial charge in [-0.05, 0) is 69.3 Å². The van der Waals surface area contributed by atoms with E-state index in [4.69, 9.17) is 5.46 Å². The molecule has 2 atom stereocenters. The molecule has 0 aliphatic rings. The van der Waals surface area contributed by atoms with Crippen molar-refractivity contribution in [2.75, 3.05) is 0 Å². The average molecular weight is 556 g/mol. The van der Waals surface area contributed by atoms with Crippen molar-refractivity contribution in [2.24, 2.45) is 0 Å². The molecule has 0 aliphatic carbocycles. The van der Waals surface area contributed by atoms with Crippen LogP contribution in [0.2, 0.25) is 0 Å². The number of hydrogen-bond acceptors (Lipinski definition) is 4. The van der Waals surface area contributed by atoms with E-state index >= 15 is 0 Å². The lowest BCUT2D eigenvalue weighted by Gasteiger charge is -2.18. The topological polar surface area (TPSA) is 46.5 Å². The minimum atomic E-state index is -0.525. The zero-order valence-electron chi connectivity index (χ0n) is 16.8. The van der Waals surface area contributed by atoms with Crippen LogP contribution in [0.3, 0.4) is 0 Å². The van der Waals surface area contributed by atoms with Crippen LogP contribution in [0.5, 0.6) is 11.5 Å². The molecule has 0 saturated heterocycles. The zero-order valence-corrected chi connectivity index (χ0v) is 20.5. The van der Waals surface area contributed by atoms with Gasteiger partial charge in [0.25, 0.3) is 0 Å². The van der Waals surface area contributed by atoms with Crippen molar-refractivity contribution in [3.63, 3.8) is 0 Å². The van der Waals surface area contributed by atoms with Crippen LogP contribution in [-0.2, 0) is 7.53 Å². The molecule has 0 radical (unpaired) electrons. The summed E-state index contributed by atoms with van der Waals surface area (Å²) in [5, 5.41) is 9.87.